The van der Waals surface area contributed by atoms with Crippen LogP contribution < -0.4 is 5.32 Å². The van der Waals surface area contributed by atoms with Crippen LogP contribution in [0, 0.1) is 6.92 Å². The zero-order valence-electron chi connectivity index (χ0n) is 15.6. The van der Waals surface area contributed by atoms with E-state index in [9.17, 15) is 18.0 Å². The molecule has 146 valence electrons. The van der Waals surface area contributed by atoms with Crippen LogP contribution in [0.3, 0.4) is 0 Å². The monoisotopic (exact) mass is 410 g/mol. The van der Waals surface area contributed by atoms with Gasteiger partial charge in [0.1, 0.15) is 4.88 Å². The molecule has 0 saturated heterocycles. The number of sulfonamides is 1. The number of thiophene rings is 1. The summed E-state index contributed by atoms with van der Waals surface area (Å²) in [6.07, 6.45) is 0. The second kappa shape index (κ2) is 8.64. The highest BCUT2D eigenvalue weighted by Gasteiger charge is 2.24. The van der Waals surface area contributed by atoms with E-state index in [0.717, 1.165) is 11.3 Å². The van der Waals surface area contributed by atoms with Crippen LogP contribution in [0.1, 0.15) is 39.4 Å². The molecular formula is C18H22N2O5S2. The minimum atomic E-state index is -3.68. The lowest BCUT2D eigenvalue weighted by Crippen LogP contribution is -2.30. The normalized spacial score (nSPS) is 11.4. The summed E-state index contributed by atoms with van der Waals surface area (Å²) in [5, 5.41) is 4.32. The van der Waals surface area contributed by atoms with Gasteiger partial charge in [-0.05, 0) is 36.1 Å². The molecule has 1 heterocycles. The SMILES string of the molecule is CCN(CC)S(=O)(=O)c1ccc(C)c(C(=O)Nc2ccsc2C(=O)OC)c1. The molecule has 0 aliphatic heterocycles. The third-order valence-corrected chi connectivity index (χ3v) is 7.02. The Morgan fingerprint density at radius 3 is 2.44 bits per heavy atom. The lowest BCUT2D eigenvalue weighted by Gasteiger charge is -2.19. The molecule has 7 nitrogen and oxygen atoms in total. The summed E-state index contributed by atoms with van der Waals surface area (Å²) in [6, 6.07) is 6.05. The van der Waals surface area contributed by atoms with E-state index in [1.54, 1.807) is 38.3 Å². The van der Waals surface area contributed by atoms with Gasteiger partial charge in [0.15, 0.2) is 0 Å². The maximum Gasteiger partial charge on any atom is 0.350 e. The van der Waals surface area contributed by atoms with Gasteiger partial charge >= 0.3 is 5.97 Å². The molecule has 0 bridgehead atoms. The molecule has 0 unspecified atom stereocenters. The van der Waals surface area contributed by atoms with Crippen LogP contribution in [0.2, 0.25) is 0 Å². The summed E-state index contributed by atoms with van der Waals surface area (Å²) in [5.74, 6) is -1.04. The molecule has 1 N–H and O–H groups in total. The van der Waals surface area contributed by atoms with E-state index in [1.165, 1.54) is 23.5 Å². The Labute approximate surface area is 163 Å². The van der Waals surface area contributed by atoms with Gasteiger partial charge in [0.2, 0.25) is 10.0 Å². The number of carbonyl (C=O) groups is 2. The van der Waals surface area contributed by atoms with Crippen molar-refractivity contribution in [1.29, 1.82) is 0 Å². The van der Waals surface area contributed by atoms with Crippen molar-refractivity contribution in [3.63, 3.8) is 0 Å². The van der Waals surface area contributed by atoms with Crippen molar-refractivity contribution in [3.05, 3.63) is 45.6 Å². The van der Waals surface area contributed by atoms with E-state index in [2.05, 4.69) is 5.32 Å². The van der Waals surface area contributed by atoms with Gasteiger partial charge in [-0.3, -0.25) is 4.79 Å². The van der Waals surface area contributed by atoms with Crippen LogP contribution in [0.4, 0.5) is 5.69 Å². The molecule has 0 aliphatic carbocycles. The van der Waals surface area contributed by atoms with E-state index in [4.69, 9.17) is 4.74 Å². The van der Waals surface area contributed by atoms with E-state index in [0.29, 0.717) is 24.3 Å². The van der Waals surface area contributed by atoms with Crippen LogP contribution >= 0.6 is 11.3 Å². The van der Waals surface area contributed by atoms with Crippen molar-refractivity contribution in [2.75, 3.05) is 25.5 Å². The molecule has 0 spiro atoms. The number of esters is 1. The Morgan fingerprint density at radius 2 is 1.85 bits per heavy atom. The standard InChI is InChI=1S/C18H22N2O5S2/c1-5-20(6-2)27(23,24)13-8-7-12(3)14(11-13)17(21)19-15-9-10-26-16(15)18(22)25-4/h7-11H,5-6H2,1-4H3,(H,19,21). The average Bonchev–Trinajstić information content (AvgIpc) is 3.10. The molecule has 27 heavy (non-hydrogen) atoms. The van der Waals surface area contributed by atoms with Crippen LogP contribution in [-0.2, 0) is 14.8 Å². The Bertz CT molecular complexity index is 946. The van der Waals surface area contributed by atoms with Crippen LogP contribution in [-0.4, -0.2) is 44.8 Å². The number of nitrogens with one attached hydrogen (secondary N) is 1. The number of methoxy groups -OCH3 is 1. The summed E-state index contributed by atoms with van der Waals surface area (Å²) in [7, 11) is -2.42. The van der Waals surface area contributed by atoms with Gasteiger partial charge in [-0.1, -0.05) is 19.9 Å². The second-order valence-corrected chi connectivity index (χ2v) is 8.53. The fourth-order valence-corrected chi connectivity index (χ4v) is 4.82. The Morgan fingerprint density at radius 1 is 1.19 bits per heavy atom. The Hall–Kier alpha value is -2.23. The summed E-state index contributed by atoms with van der Waals surface area (Å²) in [5.41, 5.74) is 1.18. The number of anilines is 1. The summed E-state index contributed by atoms with van der Waals surface area (Å²) in [6.45, 7) is 5.91. The fourth-order valence-electron chi connectivity index (χ4n) is 2.57. The first kappa shape index (κ1) is 21.1. The van der Waals surface area contributed by atoms with Crippen molar-refractivity contribution in [3.8, 4) is 0 Å². The lowest BCUT2D eigenvalue weighted by molar-refractivity contribution is 0.0607. The highest BCUT2D eigenvalue weighted by Crippen LogP contribution is 2.25. The predicted molar refractivity (Wildman–Crippen MR) is 105 cm³/mol. The maximum atomic E-state index is 12.7. The number of benzene rings is 1. The number of nitrogens with zero attached hydrogens (tertiary/aromatic N) is 1. The molecule has 9 heteroatoms. The van der Waals surface area contributed by atoms with Crippen LogP contribution in [0.15, 0.2) is 34.5 Å². The maximum absolute atomic E-state index is 12.7. The molecule has 0 atom stereocenters. The smallest absolute Gasteiger partial charge is 0.350 e. The zero-order chi connectivity index (χ0) is 20.2. The van der Waals surface area contributed by atoms with Crippen molar-refractivity contribution in [2.24, 2.45) is 0 Å². The van der Waals surface area contributed by atoms with Crippen LogP contribution in [0.5, 0.6) is 0 Å². The molecular weight excluding hydrogens is 388 g/mol. The molecule has 0 saturated carbocycles. The molecule has 1 aromatic heterocycles. The van der Waals surface area contributed by atoms with E-state index in [-0.39, 0.29) is 15.3 Å². The Kier molecular flexibility index (Phi) is 6.74. The highest BCUT2D eigenvalue weighted by molar-refractivity contribution is 7.89. The third kappa shape index (κ3) is 4.37. The Balaban J connectivity index is 2.38. The molecule has 0 aliphatic rings. The number of rotatable bonds is 7. The molecule has 0 radical (unpaired) electrons. The average molecular weight is 411 g/mol. The van der Waals surface area contributed by atoms with Gasteiger partial charge < -0.3 is 10.1 Å². The predicted octanol–water partition coefficient (Wildman–Crippen LogP) is 3.13. The summed E-state index contributed by atoms with van der Waals surface area (Å²) in [4.78, 5) is 24.8. The van der Waals surface area contributed by atoms with Crippen molar-refractivity contribution < 1.29 is 22.7 Å². The zero-order valence-corrected chi connectivity index (χ0v) is 17.2. The number of aryl methyl sites for hydroxylation is 1. The van der Waals surface area contributed by atoms with E-state index < -0.39 is 21.9 Å². The van der Waals surface area contributed by atoms with Gasteiger partial charge in [0, 0.05) is 18.7 Å². The first-order valence-electron chi connectivity index (χ1n) is 8.34. The number of amides is 1. The summed E-state index contributed by atoms with van der Waals surface area (Å²) >= 11 is 1.15. The van der Waals surface area contributed by atoms with Gasteiger partial charge in [0.05, 0.1) is 17.7 Å². The van der Waals surface area contributed by atoms with Gasteiger partial charge in [-0.15, -0.1) is 11.3 Å². The number of ether oxygens (including phenoxy) is 1. The molecule has 2 rings (SSSR count). The molecule has 1 amide bonds. The first-order chi connectivity index (χ1) is 12.8. The second-order valence-electron chi connectivity index (χ2n) is 5.68. The fraction of sp³-hybridized carbons (Fsp3) is 0.333. The largest absolute Gasteiger partial charge is 0.465 e. The van der Waals surface area contributed by atoms with Crippen molar-refractivity contribution in [2.45, 2.75) is 25.7 Å². The quantitative estimate of drug-likeness (QED) is 0.708. The number of carbonyl (C=O) groups excluding carboxylic acids is 2. The molecule has 1 aromatic carbocycles. The lowest BCUT2D eigenvalue weighted by atomic mass is 10.1. The highest BCUT2D eigenvalue weighted by atomic mass is 32.2. The van der Waals surface area contributed by atoms with Gasteiger partial charge in [-0.25, -0.2) is 13.2 Å². The summed E-state index contributed by atoms with van der Waals surface area (Å²) < 4.78 is 31.5. The number of hydrogen-bond acceptors (Lipinski definition) is 6. The van der Waals surface area contributed by atoms with Crippen molar-refractivity contribution >= 4 is 38.9 Å². The molecule has 2 aromatic rings. The third-order valence-electron chi connectivity index (χ3n) is 4.08. The van der Waals surface area contributed by atoms with Crippen molar-refractivity contribution in [1.82, 2.24) is 4.31 Å². The van der Waals surface area contributed by atoms with Crippen LogP contribution in [0.25, 0.3) is 0 Å². The van der Waals surface area contributed by atoms with Gasteiger partial charge in [0.25, 0.3) is 5.91 Å². The first-order valence-corrected chi connectivity index (χ1v) is 10.7. The van der Waals surface area contributed by atoms with E-state index in [1.807, 2.05) is 0 Å². The topological polar surface area (TPSA) is 92.8 Å². The minimum absolute atomic E-state index is 0.0560. The van der Waals surface area contributed by atoms with E-state index >= 15 is 0 Å². The number of hydrogen-bond donors (Lipinski definition) is 1. The minimum Gasteiger partial charge on any atom is -0.465 e. The van der Waals surface area contributed by atoms with Gasteiger partial charge in [-0.2, -0.15) is 4.31 Å². The molecule has 0 fully saturated rings.